The lowest BCUT2D eigenvalue weighted by Gasteiger charge is -2.16. The summed E-state index contributed by atoms with van der Waals surface area (Å²) in [5, 5.41) is 11.4. The van der Waals surface area contributed by atoms with E-state index in [1.807, 2.05) is 20.8 Å². The monoisotopic (exact) mass is 475 g/mol. The molecule has 0 spiro atoms. The molecule has 2 aromatic carbocycles. The summed E-state index contributed by atoms with van der Waals surface area (Å²) in [6.07, 6.45) is 0. The summed E-state index contributed by atoms with van der Waals surface area (Å²) in [4.78, 5) is 23.0. The van der Waals surface area contributed by atoms with E-state index >= 15 is 0 Å². The molecule has 1 aromatic heterocycles. The minimum Gasteiger partial charge on any atom is -0.488 e. The largest absolute Gasteiger partial charge is 0.488 e. The topological polar surface area (TPSA) is 91.8 Å². The molecule has 0 saturated carbocycles. The second kappa shape index (κ2) is 8.47. The fourth-order valence-electron chi connectivity index (χ4n) is 3.02. The number of nitrogens with zero attached hydrogens (tertiary/aromatic N) is 1. The lowest BCUT2D eigenvalue weighted by atomic mass is 9.89. The molecule has 0 fully saturated rings. The Balaban J connectivity index is 1.97. The van der Waals surface area contributed by atoms with Gasteiger partial charge in [0.15, 0.2) is 0 Å². The molecule has 0 amide bonds. The van der Waals surface area contributed by atoms with Crippen LogP contribution in [0.1, 0.15) is 49.4 Å². The Labute approximate surface area is 182 Å². The van der Waals surface area contributed by atoms with Crippen molar-refractivity contribution in [3.05, 3.63) is 67.9 Å². The van der Waals surface area contributed by atoms with Crippen LogP contribution in [0.5, 0.6) is 5.75 Å². The molecule has 158 valence electrons. The third-order valence-corrected chi connectivity index (χ3v) is 5.06. The number of hydrogen-bond acceptors (Lipinski definition) is 6. The number of nitro groups is 1. The molecule has 0 atom stereocenters. The Kier molecular flexibility index (Phi) is 6.17. The maximum absolute atomic E-state index is 12.7. The Morgan fingerprint density at radius 3 is 2.43 bits per heavy atom. The van der Waals surface area contributed by atoms with Crippen LogP contribution >= 0.6 is 15.9 Å². The average molecular weight is 476 g/mol. The minimum absolute atomic E-state index is 0.0218. The highest BCUT2D eigenvalue weighted by Crippen LogP contribution is 2.39. The zero-order chi connectivity index (χ0) is 22.1. The molecular weight excluding hydrogens is 454 g/mol. The summed E-state index contributed by atoms with van der Waals surface area (Å²) in [5.41, 5.74) is 1.35. The number of carbonyl (C=O) groups is 1. The number of benzene rings is 2. The molecule has 1 heterocycles. The van der Waals surface area contributed by atoms with Gasteiger partial charge in [-0.25, -0.2) is 4.79 Å². The van der Waals surface area contributed by atoms with E-state index < -0.39 is 16.3 Å². The van der Waals surface area contributed by atoms with Gasteiger partial charge in [0, 0.05) is 22.9 Å². The molecule has 0 N–H and O–H groups in total. The number of rotatable bonds is 6. The van der Waals surface area contributed by atoms with E-state index in [1.165, 1.54) is 12.1 Å². The lowest BCUT2D eigenvalue weighted by molar-refractivity contribution is -0.384. The van der Waals surface area contributed by atoms with Crippen LogP contribution in [0.25, 0.3) is 11.0 Å². The number of non-ortho nitro benzene ring substituents is 1. The highest BCUT2D eigenvalue weighted by Gasteiger charge is 2.30. The van der Waals surface area contributed by atoms with E-state index in [0.717, 1.165) is 5.56 Å². The summed E-state index contributed by atoms with van der Waals surface area (Å²) in [6.45, 7) is 8.12. The second-order valence-corrected chi connectivity index (χ2v) is 8.62. The van der Waals surface area contributed by atoms with Crippen molar-refractivity contribution in [3.63, 3.8) is 0 Å². The molecule has 3 aromatic rings. The smallest absolute Gasteiger partial charge is 0.342 e. The van der Waals surface area contributed by atoms with Gasteiger partial charge in [-0.05, 0) is 52.7 Å². The maximum atomic E-state index is 12.7. The Morgan fingerprint density at radius 2 is 1.87 bits per heavy atom. The lowest BCUT2D eigenvalue weighted by Crippen LogP contribution is -2.16. The summed E-state index contributed by atoms with van der Waals surface area (Å²) < 4.78 is 17.8. The SMILES string of the molecule is CCOC(=O)c1c(C(C)(C)C)oc2cc(Br)c(OCc3ccc([N+](=O)[O-])cc3)cc12. The van der Waals surface area contributed by atoms with Gasteiger partial charge in [0.2, 0.25) is 0 Å². The van der Waals surface area contributed by atoms with Crippen molar-refractivity contribution in [1.29, 1.82) is 0 Å². The fourth-order valence-corrected chi connectivity index (χ4v) is 3.45. The van der Waals surface area contributed by atoms with Crippen molar-refractivity contribution in [3.8, 4) is 5.75 Å². The van der Waals surface area contributed by atoms with Crippen molar-refractivity contribution in [2.45, 2.75) is 39.7 Å². The first-order valence-corrected chi connectivity index (χ1v) is 10.2. The molecule has 30 heavy (non-hydrogen) atoms. The number of ether oxygens (including phenoxy) is 2. The van der Waals surface area contributed by atoms with E-state index in [4.69, 9.17) is 13.9 Å². The van der Waals surface area contributed by atoms with Gasteiger partial charge in [-0.3, -0.25) is 10.1 Å². The number of nitro benzene ring substituents is 1. The molecule has 7 nitrogen and oxygen atoms in total. The number of fused-ring (bicyclic) bond motifs is 1. The third-order valence-electron chi connectivity index (χ3n) is 4.44. The molecule has 8 heteroatoms. The van der Waals surface area contributed by atoms with Gasteiger partial charge >= 0.3 is 5.97 Å². The second-order valence-electron chi connectivity index (χ2n) is 7.77. The van der Waals surface area contributed by atoms with E-state index in [-0.39, 0.29) is 18.9 Å². The fraction of sp³-hybridized carbons (Fsp3) is 0.318. The van der Waals surface area contributed by atoms with Crippen molar-refractivity contribution in [2.75, 3.05) is 6.61 Å². The molecule has 0 aliphatic carbocycles. The van der Waals surface area contributed by atoms with Gasteiger partial charge < -0.3 is 13.9 Å². The number of esters is 1. The summed E-state index contributed by atoms with van der Waals surface area (Å²) in [7, 11) is 0. The number of furan rings is 1. The molecule has 3 rings (SSSR count). The molecule has 0 aliphatic heterocycles. The van der Waals surface area contributed by atoms with Crippen molar-refractivity contribution < 1.29 is 23.6 Å². The van der Waals surface area contributed by atoms with Crippen LogP contribution in [0.4, 0.5) is 5.69 Å². The molecule has 0 aliphatic rings. The van der Waals surface area contributed by atoms with Crippen molar-refractivity contribution in [1.82, 2.24) is 0 Å². The molecule has 0 unspecified atom stereocenters. The van der Waals surface area contributed by atoms with Gasteiger partial charge in [-0.2, -0.15) is 0 Å². The average Bonchev–Trinajstić information content (AvgIpc) is 3.05. The summed E-state index contributed by atoms with van der Waals surface area (Å²) in [5.74, 6) is 0.632. The van der Waals surface area contributed by atoms with Crippen LogP contribution < -0.4 is 4.74 Å². The van der Waals surface area contributed by atoms with Crippen LogP contribution in [0.15, 0.2) is 45.3 Å². The van der Waals surface area contributed by atoms with E-state index in [1.54, 1.807) is 31.2 Å². The quantitative estimate of drug-likeness (QED) is 0.241. The Morgan fingerprint density at radius 1 is 1.20 bits per heavy atom. The third kappa shape index (κ3) is 4.48. The first kappa shape index (κ1) is 21.8. The van der Waals surface area contributed by atoms with Crippen LogP contribution in [0.2, 0.25) is 0 Å². The zero-order valence-corrected chi connectivity index (χ0v) is 18.7. The summed E-state index contributed by atoms with van der Waals surface area (Å²) in [6, 6.07) is 9.66. The Hall–Kier alpha value is -2.87. The van der Waals surface area contributed by atoms with Gasteiger partial charge in [0.25, 0.3) is 5.69 Å². The van der Waals surface area contributed by atoms with Crippen LogP contribution in [-0.2, 0) is 16.8 Å². The number of carbonyl (C=O) groups excluding carboxylic acids is 1. The number of hydrogen-bond donors (Lipinski definition) is 0. The van der Waals surface area contributed by atoms with Gasteiger partial charge in [-0.1, -0.05) is 20.8 Å². The van der Waals surface area contributed by atoms with Gasteiger partial charge in [0.05, 0.1) is 16.0 Å². The van der Waals surface area contributed by atoms with Crippen molar-refractivity contribution in [2.24, 2.45) is 0 Å². The van der Waals surface area contributed by atoms with E-state index in [2.05, 4.69) is 15.9 Å². The Bertz CT molecular complexity index is 1100. The predicted octanol–water partition coefficient (Wildman–Crippen LogP) is 6.16. The maximum Gasteiger partial charge on any atom is 0.342 e. The standard InChI is InChI=1S/C22H22BrNO6/c1-5-28-21(25)19-15-10-18(16(23)11-17(15)30-20(19)22(2,3)4)29-12-13-6-8-14(9-7-13)24(26)27/h6-11H,5,12H2,1-4H3. The normalized spacial score (nSPS) is 11.5. The molecular formula is C22H22BrNO6. The van der Waals surface area contributed by atoms with Gasteiger partial charge in [0.1, 0.15) is 29.3 Å². The molecule has 0 bridgehead atoms. The first-order chi connectivity index (χ1) is 14.1. The van der Waals surface area contributed by atoms with Crippen LogP contribution in [0.3, 0.4) is 0 Å². The number of halogens is 1. The summed E-state index contributed by atoms with van der Waals surface area (Å²) >= 11 is 3.48. The highest BCUT2D eigenvalue weighted by molar-refractivity contribution is 9.10. The van der Waals surface area contributed by atoms with Crippen LogP contribution in [0, 0.1) is 10.1 Å². The zero-order valence-electron chi connectivity index (χ0n) is 17.2. The first-order valence-electron chi connectivity index (χ1n) is 9.41. The molecule has 0 radical (unpaired) electrons. The van der Waals surface area contributed by atoms with Crippen molar-refractivity contribution >= 4 is 38.6 Å². The van der Waals surface area contributed by atoms with E-state index in [9.17, 15) is 14.9 Å². The van der Waals surface area contributed by atoms with E-state index in [0.29, 0.717) is 32.5 Å². The highest BCUT2D eigenvalue weighted by atomic mass is 79.9. The minimum atomic E-state index is -0.447. The molecule has 0 saturated heterocycles. The van der Waals surface area contributed by atoms with Crippen LogP contribution in [-0.4, -0.2) is 17.5 Å². The van der Waals surface area contributed by atoms with Gasteiger partial charge in [-0.15, -0.1) is 0 Å². The predicted molar refractivity (Wildman–Crippen MR) is 116 cm³/mol.